The van der Waals surface area contributed by atoms with Gasteiger partial charge in [-0.15, -0.1) is 0 Å². The first-order valence-electron chi connectivity index (χ1n) is 8.54. The van der Waals surface area contributed by atoms with E-state index in [1.54, 1.807) is 36.5 Å². The van der Waals surface area contributed by atoms with Crippen LogP contribution >= 0.6 is 11.6 Å². The van der Waals surface area contributed by atoms with E-state index in [-0.39, 0.29) is 28.9 Å². The Hall–Kier alpha value is -3.44. The average molecular weight is 392 g/mol. The summed E-state index contributed by atoms with van der Waals surface area (Å²) in [5.74, 6) is -0.524. The molecule has 0 saturated carbocycles. The lowest BCUT2D eigenvalue weighted by Crippen LogP contribution is -2.16. The van der Waals surface area contributed by atoms with Gasteiger partial charge in [0.05, 0.1) is 21.5 Å². The molecule has 138 valence electrons. The lowest BCUT2D eigenvalue weighted by atomic mass is 10.0. The summed E-state index contributed by atoms with van der Waals surface area (Å²) in [5, 5.41) is 0.705. The lowest BCUT2D eigenvalue weighted by Gasteiger charge is -2.13. The predicted octanol–water partition coefficient (Wildman–Crippen LogP) is 4.65. The van der Waals surface area contributed by atoms with E-state index in [2.05, 4.69) is 4.98 Å². The van der Waals surface area contributed by atoms with Gasteiger partial charge in [0, 0.05) is 18.8 Å². The van der Waals surface area contributed by atoms with Crippen LogP contribution in [0.1, 0.15) is 21.5 Å². The number of rotatable bonds is 4. The standard InChI is InChI=1S/C22H14ClNO4/c23-17-9-4-10-18-19(17)20(28-21(25)15-8-5-11-24-13-15)16(22(26)27-18)12-14-6-2-1-3-7-14/h1-11,13H,12H2. The van der Waals surface area contributed by atoms with Gasteiger partial charge in [0.15, 0.2) is 5.75 Å². The number of fused-ring (bicyclic) bond motifs is 1. The highest BCUT2D eigenvalue weighted by Crippen LogP contribution is 2.35. The van der Waals surface area contributed by atoms with Crippen LogP contribution in [0.15, 0.2) is 82.3 Å². The maximum absolute atomic E-state index is 12.7. The SMILES string of the molecule is O=C(Oc1c(Cc2ccccc2)c(=O)oc2cccc(Cl)c12)c1cccnc1. The first kappa shape index (κ1) is 17.9. The molecule has 4 rings (SSSR count). The smallest absolute Gasteiger partial charge is 0.345 e. The normalized spacial score (nSPS) is 10.8. The van der Waals surface area contributed by atoms with Gasteiger partial charge in [0.1, 0.15) is 5.58 Å². The number of hydrogen-bond acceptors (Lipinski definition) is 5. The molecule has 0 bridgehead atoms. The molecule has 0 saturated heterocycles. The van der Waals surface area contributed by atoms with Crippen LogP contribution in [0.4, 0.5) is 0 Å². The van der Waals surface area contributed by atoms with Crippen LogP contribution in [0.3, 0.4) is 0 Å². The summed E-state index contributed by atoms with van der Waals surface area (Å²) in [6.07, 6.45) is 3.19. The van der Waals surface area contributed by atoms with Crippen LogP contribution in [0.25, 0.3) is 11.0 Å². The molecule has 0 amide bonds. The van der Waals surface area contributed by atoms with Crippen molar-refractivity contribution in [3.63, 3.8) is 0 Å². The third-order valence-corrected chi connectivity index (χ3v) is 4.56. The van der Waals surface area contributed by atoms with E-state index >= 15 is 0 Å². The molecule has 4 aromatic rings. The summed E-state index contributed by atoms with van der Waals surface area (Å²) >= 11 is 6.35. The Morgan fingerprint density at radius 1 is 1.04 bits per heavy atom. The van der Waals surface area contributed by atoms with E-state index in [1.807, 2.05) is 30.3 Å². The third-order valence-electron chi connectivity index (χ3n) is 4.24. The first-order valence-corrected chi connectivity index (χ1v) is 8.91. The molecule has 0 N–H and O–H groups in total. The van der Waals surface area contributed by atoms with Crippen LogP contribution in [0, 0.1) is 0 Å². The summed E-state index contributed by atoms with van der Waals surface area (Å²) in [6.45, 7) is 0. The van der Waals surface area contributed by atoms with Gasteiger partial charge in [-0.05, 0) is 29.8 Å². The second kappa shape index (κ2) is 7.66. The van der Waals surface area contributed by atoms with Gasteiger partial charge < -0.3 is 9.15 Å². The predicted molar refractivity (Wildman–Crippen MR) is 106 cm³/mol. The molecule has 28 heavy (non-hydrogen) atoms. The number of esters is 1. The number of ether oxygens (including phenoxy) is 1. The second-order valence-corrected chi connectivity index (χ2v) is 6.51. The van der Waals surface area contributed by atoms with Crippen LogP contribution in [-0.4, -0.2) is 11.0 Å². The van der Waals surface area contributed by atoms with Crippen molar-refractivity contribution in [3.8, 4) is 5.75 Å². The van der Waals surface area contributed by atoms with Gasteiger partial charge in [0.2, 0.25) is 0 Å². The van der Waals surface area contributed by atoms with E-state index < -0.39 is 11.6 Å². The Bertz CT molecular complexity index is 1200. The van der Waals surface area contributed by atoms with Crippen molar-refractivity contribution in [3.05, 3.63) is 105 Å². The second-order valence-electron chi connectivity index (χ2n) is 6.10. The summed E-state index contributed by atoms with van der Waals surface area (Å²) in [5.41, 5.74) is 1.04. The van der Waals surface area contributed by atoms with Gasteiger partial charge in [0.25, 0.3) is 0 Å². The van der Waals surface area contributed by atoms with Gasteiger partial charge in [-0.1, -0.05) is 48.0 Å². The third kappa shape index (κ3) is 3.52. The Morgan fingerprint density at radius 2 is 1.86 bits per heavy atom. The lowest BCUT2D eigenvalue weighted by molar-refractivity contribution is 0.0734. The molecule has 0 unspecified atom stereocenters. The molecule has 0 aliphatic rings. The van der Waals surface area contributed by atoms with E-state index in [0.717, 1.165) is 5.56 Å². The summed E-state index contributed by atoms with van der Waals surface area (Å²) < 4.78 is 11.1. The summed E-state index contributed by atoms with van der Waals surface area (Å²) in [7, 11) is 0. The van der Waals surface area contributed by atoms with Crippen LogP contribution in [0.2, 0.25) is 5.02 Å². The van der Waals surface area contributed by atoms with E-state index in [4.69, 9.17) is 20.8 Å². The Balaban J connectivity index is 1.89. The summed E-state index contributed by atoms with van der Waals surface area (Å²) in [6, 6.07) is 17.5. The maximum Gasteiger partial charge on any atom is 0.345 e. The van der Waals surface area contributed by atoms with Crippen LogP contribution in [-0.2, 0) is 6.42 Å². The molecule has 2 heterocycles. The monoisotopic (exact) mass is 391 g/mol. The van der Waals surface area contributed by atoms with Gasteiger partial charge >= 0.3 is 11.6 Å². The van der Waals surface area contributed by atoms with Crippen molar-refractivity contribution in [1.82, 2.24) is 4.98 Å². The molecule has 0 spiro atoms. The molecule has 5 nitrogen and oxygen atoms in total. The minimum Gasteiger partial charge on any atom is -0.422 e. The van der Waals surface area contributed by atoms with Crippen molar-refractivity contribution in [2.45, 2.75) is 6.42 Å². The summed E-state index contributed by atoms with van der Waals surface area (Å²) in [4.78, 5) is 29.2. The zero-order valence-corrected chi connectivity index (χ0v) is 15.3. The quantitative estimate of drug-likeness (QED) is 0.374. The topological polar surface area (TPSA) is 69.4 Å². The average Bonchev–Trinajstić information content (AvgIpc) is 2.72. The molecule has 0 atom stereocenters. The number of carbonyl (C=O) groups is 1. The fourth-order valence-electron chi connectivity index (χ4n) is 2.92. The number of carbonyl (C=O) groups excluding carboxylic acids is 1. The van der Waals surface area contributed by atoms with Crippen LogP contribution < -0.4 is 10.4 Å². The first-order chi connectivity index (χ1) is 13.6. The van der Waals surface area contributed by atoms with E-state index in [9.17, 15) is 9.59 Å². The zero-order chi connectivity index (χ0) is 19.5. The maximum atomic E-state index is 12.7. The fraction of sp³-hybridized carbons (Fsp3) is 0.0455. The highest BCUT2D eigenvalue weighted by atomic mass is 35.5. The Labute approximate surface area is 165 Å². The largest absolute Gasteiger partial charge is 0.422 e. The zero-order valence-electron chi connectivity index (χ0n) is 14.6. The number of hydrogen-bond donors (Lipinski definition) is 0. The number of pyridine rings is 1. The van der Waals surface area contributed by atoms with Gasteiger partial charge in [-0.25, -0.2) is 9.59 Å². The molecule has 6 heteroatoms. The minimum absolute atomic E-state index is 0.106. The number of nitrogens with zero attached hydrogens (tertiary/aromatic N) is 1. The molecular formula is C22H14ClNO4. The molecule has 2 aromatic carbocycles. The minimum atomic E-state index is -0.630. The van der Waals surface area contributed by atoms with Crippen molar-refractivity contribution in [1.29, 1.82) is 0 Å². The van der Waals surface area contributed by atoms with Crippen LogP contribution in [0.5, 0.6) is 5.75 Å². The Kier molecular flexibility index (Phi) is 4.91. The van der Waals surface area contributed by atoms with Crippen molar-refractivity contribution in [2.24, 2.45) is 0 Å². The van der Waals surface area contributed by atoms with Crippen molar-refractivity contribution in [2.75, 3.05) is 0 Å². The highest BCUT2D eigenvalue weighted by Gasteiger charge is 2.22. The fourth-order valence-corrected chi connectivity index (χ4v) is 3.17. The number of aromatic nitrogens is 1. The van der Waals surface area contributed by atoms with Gasteiger partial charge in [-0.3, -0.25) is 4.98 Å². The number of halogens is 1. The van der Waals surface area contributed by atoms with E-state index in [0.29, 0.717) is 10.4 Å². The molecular weight excluding hydrogens is 378 g/mol. The number of benzene rings is 2. The highest BCUT2D eigenvalue weighted by molar-refractivity contribution is 6.36. The molecule has 0 aliphatic heterocycles. The molecule has 0 aliphatic carbocycles. The molecule has 2 aromatic heterocycles. The Morgan fingerprint density at radius 3 is 2.61 bits per heavy atom. The van der Waals surface area contributed by atoms with Gasteiger partial charge in [-0.2, -0.15) is 0 Å². The van der Waals surface area contributed by atoms with E-state index in [1.165, 1.54) is 6.20 Å². The molecule has 0 radical (unpaired) electrons. The van der Waals surface area contributed by atoms with Crippen molar-refractivity contribution < 1.29 is 13.9 Å². The van der Waals surface area contributed by atoms with Crippen molar-refractivity contribution >= 4 is 28.5 Å². The molecule has 0 fully saturated rings.